The van der Waals surface area contributed by atoms with Crippen molar-refractivity contribution in [3.8, 4) is 0 Å². The Hall–Kier alpha value is -3.77. The average Bonchev–Trinajstić information content (AvgIpc) is 3.04. The molecule has 4 amide bonds. The third kappa shape index (κ3) is 7.12. The van der Waals surface area contributed by atoms with E-state index in [-0.39, 0.29) is 36.4 Å². The number of anilines is 2. The van der Waals surface area contributed by atoms with E-state index < -0.39 is 18.1 Å². The molecule has 41 heavy (non-hydrogen) atoms. The fourth-order valence-electron chi connectivity index (χ4n) is 5.02. The number of quaternary nitrogens is 1. The van der Waals surface area contributed by atoms with Gasteiger partial charge in [-0.25, -0.2) is 9.79 Å². The molecule has 0 bridgehead atoms. The highest BCUT2D eigenvalue weighted by Gasteiger charge is 2.36. The summed E-state index contributed by atoms with van der Waals surface area (Å²) >= 11 is 0. The number of likely N-dealkylation sites (N-methyl/N-ethyl adjacent to an activating group) is 1. The number of carbonyl (C=O) groups is 3. The number of nitrogens with one attached hydrogen (secondary N) is 2. The molecule has 1 atom stereocenters. The lowest BCUT2D eigenvalue weighted by atomic mass is 10.0. The SMILES string of the molecule is Cc1cccc(NC(=O)NC2N=C(c3ccccc3)c3ccccc3N(CC(=O)N3CC[N+](C)(C)CC3)C2=O)c1.[I-]. The van der Waals surface area contributed by atoms with Gasteiger partial charge in [-0.2, -0.15) is 0 Å². The first-order valence-corrected chi connectivity index (χ1v) is 13.5. The maximum atomic E-state index is 14.1. The number of benzodiazepines with no additional fused rings is 1. The van der Waals surface area contributed by atoms with Crippen LogP contribution in [0.2, 0.25) is 0 Å². The molecule has 2 heterocycles. The van der Waals surface area contributed by atoms with Crippen molar-refractivity contribution < 1.29 is 42.8 Å². The molecule has 1 saturated heterocycles. The second-order valence-corrected chi connectivity index (χ2v) is 10.9. The van der Waals surface area contributed by atoms with Crippen molar-refractivity contribution in [1.29, 1.82) is 0 Å². The summed E-state index contributed by atoms with van der Waals surface area (Å²) in [5, 5.41) is 5.54. The van der Waals surface area contributed by atoms with Gasteiger partial charge in [-0.1, -0.05) is 60.7 Å². The molecule has 0 saturated carbocycles. The zero-order chi connectivity index (χ0) is 28.3. The molecule has 0 aliphatic carbocycles. The molecular formula is C31H35IN6O3. The number of hydrogen-bond donors (Lipinski definition) is 2. The summed E-state index contributed by atoms with van der Waals surface area (Å²) < 4.78 is 0.853. The number of para-hydroxylation sites is 1. The summed E-state index contributed by atoms with van der Waals surface area (Å²) in [6.07, 6.45) is -1.24. The topological polar surface area (TPSA) is 94.1 Å². The molecule has 1 fully saturated rings. The predicted octanol–water partition coefficient (Wildman–Crippen LogP) is 0.249. The van der Waals surface area contributed by atoms with Gasteiger partial charge in [0.05, 0.1) is 51.7 Å². The normalized spacial score (nSPS) is 17.9. The Bertz CT molecular complexity index is 1450. The fraction of sp³-hybridized carbons (Fsp3) is 0.290. The molecule has 0 radical (unpaired) electrons. The molecule has 0 aromatic heterocycles. The maximum absolute atomic E-state index is 14.1. The zero-order valence-electron chi connectivity index (χ0n) is 23.5. The van der Waals surface area contributed by atoms with Crippen LogP contribution in [-0.4, -0.2) is 85.9 Å². The standard InChI is InChI=1S/C31H34N6O3.HI/c1-22-10-9-13-24(20-22)32-31(40)34-29-30(39)36(21-27(38)35-16-18-37(2,3)19-17-35)26-15-8-7-14-25(26)28(33-29)23-11-5-4-6-12-23;/h4-15,20,29H,16-19,21H2,1-3H3,(H-,32,34,40);1H. The van der Waals surface area contributed by atoms with Crippen molar-refractivity contribution in [2.45, 2.75) is 13.1 Å². The Balaban J connectivity index is 0.00000387. The number of piperazine rings is 1. The van der Waals surface area contributed by atoms with Crippen LogP contribution in [0.3, 0.4) is 0 Å². The molecule has 2 aliphatic heterocycles. The molecule has 2 N–H and O–H groups in total. The van der Waals surface area contributed by atoms with Crippen LogP contribution in [0.5, 0.6) is 0 Å². The van der Waals surface area contributed by atoms with Crippen LogP contribution in [0.1, 0.15) is 16.7 Å². The smallest absolute Gasteiger partial charge is 0.321 e. The number of halogens is 1. The van der Waals surface area contributed by atoms with Gasteiger partial charge >= 0.3 is 6.03 Å². The lowest BCUT2D eigenvalue weighted by molar-refractivity contribution is -0.894. The van der Waals surface area contributed by atoms with Crippen LogP contribution in [0.4, 0.5) is 16.2 Å². The number of aryl methyl sites for hydroxylation is 1. The van der Waals surface area contributed by atoms with Crippen LogP contribution >= 0.6 is 0 Å². The van der Waals surface area contributed by atoms with Gasteiger partial charge in [0, 0.05) is 16.8 Å². The minimum absolute atomic E-state index is 0. The van der Waals surface area contributed by atoms with E-state index in [0.29, 0.717) is 30.2 Å². The molecule has 3 aromatic carbocycles. The van der Waals surface area contributed by atoms with E-state index >= 15 is 0 Å². The number of amides is 4. The van der Waals surface area contributed by atoms with Crippen molar-refractivity contribution >= 4 is 34.9 Å². The number of aliphatic imine (C=N–C) groups is 1. The molecule has 214 valence electrons. The number of carbonyl (C=O) groups excluding carboxylic acids is 3. The highest BCUT2D eigenvalue weighted by molar-refractivity contribution is 6.21. The summed E-state index contributed by atoms with van der Waals surface area (Å²) in [5.74, 6) is -0.603. The first kappa shape index (κ1) is 30.2. The van der Waals surface area contributed by atoms with Crippen molar-refractivity contribution in [3.63, 3.8) is 0 Å². The van der Waals surface area contributed by atoms with Crippen LogP contribution < -0.4 is 39.5 Å². The van der Waals surface area contributed by atoms with Gasteiger partial charge in [0.15, 0.2) is 0 Å². The minimum Gasteiger partial charge on any atom is -1.00 e. The second-order valence-electron chi connectivity index (χ2n) is 10.9. The minimum atomic E-state index is -1.24. The molecule has 10 heteroatoms. The Morgan fingerprint density at radius 1 is 0.951 bits per heavy atom. The van der Waals surface area contributed by atoms with Crippen LogP contribution in [0.15, 0.2) is 83.9 Å². The largest absolute Gasteiger partial charge is 1.00 e. The lowest BCUT2D eigenvalue weighted by Crippen LogP contribution is -3.00. The number of urea groups is 1. The Morgan fingerprint density at radius 2 is 1.63 bits per heavy atom. The lowest BCUT2D eigenvalue weighted by Gasteiger charge is -2.39. The number of nitrogens with zero attached hydrogens (tertiary/aromatic N) is 4. The summed E-state index contributed by atoms with van der Waals surface area (Å²) in [5.41, 5.74) is 4.27. The third-order valence-corrected chi connectivity index (χ3v) is 7.40. The molecule has 2 aliphatic rings. The van der Waals surface area contributed by atoms with E-state index in [2.05, 4.69) is 24.7 Å². The molecule has 5 rings (SSSR count). The summed E-state index contributed by atoms with van der Waals surface area (Å²) in [6.45, 7) is 4.74. The van der Waals surface area contributed by atoms with Gasteiger partial charge < -0.3 is 44.0 Å². The third-order valence-electron chi connectivity index (χ3n) is 7.40. The fourth-order valence-corrected chi connectivity index (χ4v) is 5.02. The van der Waals surface area contributed by atoms with Gasteiger partial charge in [0.1, 0.15) is 6.54 Å². The van der Waals surface area contributed by atoms with Crippen molar-refractivity contribution in [3.05, 3.63) is 95.6 Å². The van der Waals surface area contributed by atoms with Gasteiger partial charge in [-0.15, -0.1) is 0 Å². The van der Waals surface area contributed by atoms with Gasteiger partial charge in [-0.05, 0) is 30.7 Å². The number of benzene rings is 3. The molecule has 3 aromatic rings. The first-order chi connectivity index (χ1) is 19.2. The first-order valence-electron chi connectivity index (χ1n) is 13.5. The summed E-state index contributed by atoms with van der Waals surface area (Å²) in [7, 11) is 4.30. The second kappa shape index (κ2) is 12.8. The molecular weight excluding hydrogens is 631 g/mol. The monoisotopic (exact) mass is 666 g/mol. The highest BCUT2D eigenvalue weighted by Crippen LogP contribution is 2.28. The number of fused-ring (bicyclic) bond motifs is 1. The van der Waals surface area contributed by atoms with E-state index in [0.717, 1.165) is 34.3 Å². The van der Waals surface area contributed by atoms with E-state index in [1.807, 2.05) is 84.6 Å². The zero-order valence-corrected chi connectivity index (χ0v) is 25.7. The highest BCUT2D eigenvalue weighted by atomic mass is 127. The van der Waals surface area contributed by atoms with Crippen LogP contribution in [-0.2, 0) is 9.59 Å². The number of hydrogen-bond acceptors (Lipinski definition) is 4. The van der Waals surface area contributed by atoms with Gasteiger partial charge in [0.25, 0.3) is 5.91 Å². The quantitative estimate of drug-likeness (QED) is 0.302. The number of rotatable bonds is 5. The molecule has 9 nitrogen and oxygen atoms in total. The van der Waals surface area contributed by atoms with Crippen molar-refractivity contribution in [2.24, 2.45) is 4.99 Å². The molecule has 1 unspecified atom stereocenters. The van der Waals surface area contributed by atoms with E-state index in [9.17, 15) is 14.4 Å². The van der Waals surface area contributed by atoms with Crippen LogP contribution in [0, 0.1) is 6.92 Å². The predicted molar refractivity (Wildman–Crippen MR) is 156 cm³/mol. The van der Waals surface area contributed by atoms with E-state index in [4.69, 9.17) is 4.99 Å². The van der Waals surface area contributed by atoms with Crippen molar-refractivity contribution in [1.82, 2.24) is 10.2 Å². The Morgan fingerprint density at radius 3 is 2.34 bits per heavy atom. The van der Waals surface area contributed by atoms with Crippen LogP contribution in [0.25, 0.3) is 0 Å². The Labute approximate surface area is 257 Å². The average molecular weight is 667 g/mol. The van der Waals surface area contributed by atoms with Gasteiger partial charge in [-0.3, -0.25) is 14.5 Å². The summed E-state index contributed by atoms with van der Waals surface area (Å²) in [6, 6.07) is 23.8. The van der Waals surface area contributed by atoms with Crippen molar-refractivity contribution in [2.75, 3.05) is 57.0 Å². The Kier molecular flexibility index (Phi) is 9.44. The van der Waals surface area contributed by atoms with E-state index in [1.54, 1.807) is 6.07 Å². The maximum Gasteiger partial charge on any atom is 0.321 e. The van der Waals surface area contributed by atoms with E-state index in [1.165, 1.54) is 4.90 Å². The molecule has 0 spiro atoms. The van der Waals surface area contributed by atoms with Gasteiger partial charge in [0.2, 0.25) is 12.1 Å². The summed E-state index contributed by atoms with van der Waals surface area (Å²) in [4.78, 5) is 48.7.